The Labute approximate surface area is 245 Å². The van der Waals surface area contributed by atoms with E-state index in [9.17, 15) is 28.1 Å². The largest absolute Gasteiger partial charge is 0.354 e. The minimum Gasteiger partial charge on any atom is -0.354 e. The fraction of sp³-hybridized carbons (Fsp3) is 0.310. The van der Waals surface area contributed by atoms with Crippen LogP contribution >= 0.6 is 11.6 Å². The van der Waals surface area contributed by atoms with Gasteiger partial charge in [0.25, 0.3) is 5.69 Å². The maximum atomic E-state index is 14.0. The number of non-ortho nitro benzene ring substituents is 1. The Hall–Kier alpha value is -3.96. The van der Waals surface area contributed by atoms with Crippen LogP contribution in [-0.2, 0) is 32.6 Å². The maximum Gasteiger partial charge on any atom is 0.271 e. The smallest absolute Gasteiger partial charge is 0.271 e. The summed E-state index contributed by atoms with van der Waals surface area (Å²) in [5.41, 5.74) is 1.08. The highest BCUT2D eigenvalue weighted by Gasteiger charge is 2.33. The van der Waals surface area contributed by atoms with Gasteiger partial charge in [-0.2, -0.15) is 0 Å². The lowest BCUT2D eigenvalue weighted by Crippen LogP contribution is -2.53. The first-order valence-electron chi connectivity index (χ1n) is 12.9. The van der Waals surface area contributed by atoms with Gasteiger partial charge >= 0.3 is 0 Å². The lowest BCUT2D eigenvalue weighted by atomic mass is 10.0. The van der Waals surface area contributed by atoms with Crippen LogP contribution < -0.4 is 9.62 Å². The number of nitro benzene ring substituents is 1. The number of sulfonamides is 1. The highest BCUT2D eigenvalue weighted by atomic mass is 35.5. The number of hydrogen-bond acceptors (Lipinski definition) is 6. The second kappa shape index (κ2) is 14.1. The third-order valence-electron chi connectivity index (χ3n) is 6.21. The van der Waals surface area contributed by atoms with Crippen LogP contribution in [0.5, 0.6) is 0 Å². The van der Waals surface area contributed by atoms with Gasteiger partial charge in [0.15, 0.2) is 0 Å². The second-order valence-corrected chi connectivity index (χ2v) is 12.4. The highest BCUT2D eigenvalue weighted by molar-refractivity contribution is 7.92. The number of rotatable bonds is 13. The van der Waals surface area contributed by atoms with E-state index in [0.29, 0.717) is 17.1 Å². The van der Waals surface area contributed by atoms with E-state index in [1.54, 1.807) is 24.3 Å². The number of carbonyl (C=O) groups is 2. The highest BCUT2D eigenvalue weighted by Crippen LogP contribution is 2.24. The molecule has 0 aliphatic heterocycles. The van der Waals surface area contributed by atoms with Crippen molar-refractivity contribution < 1.29 is 22.9 Å². The van der Waals surface area contributed by atoms with Crippen LogP contribution in [0.15, 0.2) is 78.9 Å². The number of nitro groups is 1. The minimum atomic E-state index is -4.05. The summed E-state index contributed by atoms with van der Waals surface area (Å²) < 4.78 is 26.5. The molecule has 10 nitrogen and oxygen atoms in total. The molecule has 3 rings (SSSR count). The molecule has 2 amide bonds. The molecule has 0 aromatic heterocycles. The van der Waals surface area contributed by atoms with Gasteiger partial charge < -0.3 is 10.2 Å². The summed E-state index contributed by atoms with van der Waals surface area (Å²) in [5.74, 6) is -0.898. The fourth-order valence-corrected chi connectivity index (χ4v) is 5.24. The molecule has 3 aromatic rings. The van der Waals surface area contributed by atoms with E-state index < -0.39 is 33.4 Å². The van der Waals surface area contributed by atoms with Crippen molar-refractivity contribution in [2.75, 3.05) is 23.7 Å². The summed E-state index contributed by atoms with van der Waals surface area (Å²) in [4.78, 5) is 39.6. The van der Waals surface area contributed by atoms with Gasteiger partial charge in [-0.1, -0.05) is 74.0 Å². The molecule has 0 saturated carbocycles. The monoisotopic (exact) mass is 600 g/mol. The molecule has 0 heterocycles. The van der Waals surface area contributed by atoms with E-state index in [0.717, 1.165) is 22.2 Å². The molecule has 3 aromatic carbocycles. The molecule has 0 bridgehead atoms. The van der Waals surface area contributed by atoms with E-state index in [1.807, 2.05) is 44.2 Å². The van der Waals surface area contributed by atoms with Crippen LogP contribution in [0, 0.1) is 16.0 Å². The predicted octanol–water partition coefficient (Wildman–Crippen LogP) is 4.43. The van der Waals surface area contributed by atoms with E-state index in [2.05, 4.69) is 5.32 Å². The zero-order valence-corrected chi connectivity index (χ0v) is 24.6. The van der Waals surface area contributed by atoms with Gasteiger partial charge in [-0.05, 0) is 35.2 Å². The first-order valence-corrected chi connectivity index (χ1v) is 15.2. The third kappa shape index (κ3) is 9.29. The zero-order valence-electron chi connectivity index (χ0n) is 23.1. The molecule has 0 fully saturated rings. The van der Waals surface area contributed by atoms with Crippen molar-refractivity contribution in [1.82, 2.24) is 10.2 Å². The first kappa shape index (κ1) is 31.6. The van der Waals surface area contributed by atoms with E-state index in [4.69, 9.17) is 11.6 Å². The Bertz CT molecular complexity index is 1480. The number of amides is 2. The van der Waals surface area contributed by atoms with E-state index in [-0.39, 0.29) is 36.2 Å². The molecule has 41 heavy (non-hydrogen) atoms. The Morgan fingerprint density at radius 3 is 2.24 bits per heavy atom. The number of halogens is 1. The van der Waals surface area contributed by atoms with E-state index >= 15 is 0 Å². The van der Waals surface area contributed by atoms with Crippen LogP contribution in [0.4, 0.5) is 11.4 Å². The number of hydrogen-bond donors (Lipinski definition) is 1. The molecule has 0 spiro atoms. The zero-order chi connectivity index (χ0) is 30.2. The Kier molecular flexibility index (Phi) is 10.8. The van der Waals surface area contributed by atoms with Crippen molar-refractivity contribution in [2.24, 2.45) is 5.92 Å². The quantitative estimate of drug-likeness (QED) is 0.228. The second-order valence-electron chi connectivity index (χ2n) is 10.0. The van der Waals surface area contributed by atoms with Gasteiger partial charge in [0.2, 0.25) is 21.8 Å². The number of anilines is 1. The summed E-state index contributed by atoms with van der Waals surface area (Å²) in [6.07, 6.45) is 1.09. The Morgan fingerprint density at radius 2 is 1.63 bits per heavy atom. The summed E-state index contributed by atoms with van der Waals surface area (Å²) in [5, 5.41) is 14.7. The van der Waals surface area contributed by atoms with Crippen LogP contribution in [-0.4, -0.2) is 55.4 Å². The van der Waals surface area contributed by atoms with Crippen molar-refractivity contribution in [3.63, 3.8) is 0 Å². The van der Waals surface area contributed by atoms with Gasteiger partial charge in [-0.15, -0.1) is 0 Å². The summed E-state index contributed by atoms with van der Waals surface area (Å²) in [6.45, 7) is 3.57. The molecule has 12 heteroatoms. The molecule has 0 radical (unpaired) electrons. The van der Waals surface area contributed by atoms with Crippen molar-refractivity contribution in [1.29, 1.82) is 0 Å². The molecule has 1 N–H and O–H groups in total. The van der Waals surface area contributed by atoms with E-state index in [1.165, 1.54) is 23.1 Å². The summed E-state index contributed by atoms with van der Waals surface area (Å²) in [6, 6.07) is 20.1. The van der Waals surface area contributed by atoms with Crippen molar-refractivity contribution in [2.45, 2.75) is 32.9 Å². The molecule has 0 aliphatic rings. The van der Waals surface area contributed by atoms with Crippen molar-refractivity contribution in [3.8, 4) is 0 Å². The first-order chi connectivity index (χ1) is 19.3. The molecule has 0 aliphatic carbocycles. The topological polar surface area (TPSA) is 130 Å². The molecular formula is C29H33ClN4O6S. The molecule has 0 saturated heterocycles. The fourth-order valence-electron chi connectivity index (χ4n) is 4.18. The number of benzene rings is 3. The van der Waals surface area contributed by atoms with Gasteiger partial charge in [0.1, 0.15) is 12.6 Å². The standard InChI is InChI=1S/C29H33ClN4O6S/c1-21(2)18-31-29(36)27(16-22-9-5-4-6-10-22)32(19-23-11-7-12-24(30)15-23)28(35)20-33(41(3,39)40)25-13-8-14-26(17-25)34(37)38/h4-15,17,21,27H,16,18-20H2,1-3H3,(H,31,36)/t27-/m1/s1. The predicted molar refractivity (Wildman–Crippen MR) is 159 cm³/mol. The Morgan fingerprint density at radius 1 is 0.976 bits per heavy atom. The maximum absolute atomic E-state index is 14.0. The average molecular weight is 601 g/mol. The number of nitrogens with zero attached hydrogens (tertiary/aromatic N) is 3. The Balaban J connectivity index is 2.07. The molecule has 218 valence electrons. The van der Waals surface area contributed by atoms with Crippen LogP contribution in [0.2, 0.25) is 5.02 Å². The normalized spacial score (nSPS) is 12.0. The van der Waals surface area contributed by atoms with Crippen LogP contribution in [0.3, 0.4) is 0 Å². The lowest BCUT2D eigenvalue weighted by molar-refractivity contribution is -0.384. The van der Waals surface area contributed by atoms with Gasteiger partial charge in [0, 0.05) is 36.7 Å². The van der Waals surface area contributed by atoms with Crippen LogP contribution in [0.25, 0.3) is 0 Å². The summed E-state index contributed by atoms with van der Waals surface area (Å²) in [7, 11) is -4.05. The summed E-state index contributed by atoms with van der Waals surface area (Å²) >= 11 is 6.20. The van der Waals surface area contributed by atoms with Crippen molar-refractivity contribution in [3.05, 3.63) is 105 Å². The van der Waals surface area contributed by atoms with Gasteiger partial charge in [0.05, 0.1) is 16.9 Å². The third-order valence-corrected chi connectivity index (χ3v) is 7.58. The minimum absolute atomic E-state index is 0.0292. The number of carbonyl (C=O) groups excluding carboxylic acids is 2. The lowest BCUT2D eigenvalue weighted by Gasteiger charge is -2.33. The number of nitrogens with one attached hydrogen (secondary N) is 1. The van der Waals surface area contributed by atoms with Gasteiger partial charge in [-0.3, -0.25) is 24.0 Å². The molecule has 1 atom stereocenters. The SMILES string of the molecule is CC(C)CNC(=O)[C@@H](Cc1ccccc1)N(Cc1cccc(Cl)c1)C(=O)CN(c1cccc([N+](=O)[O-])c1)S(C)(=O)=O. The van der Waals surface area contributed by atoms with Crippen LogP contribution in [0.1, 0.15) is 25.0 Å². The molecular weight excluding hydrogens is 568 g/mol. The van der Waals surface area contributed by atoms with Crippen molar-refractivity contribution >= 4 is 44.8 Å². The van der Waals surface area contributed by atoms with Gasteiger partial charge in [-0.25, -0.2) is 8.42 Å². The average Bonchev–Trinajstić information content (AvgIpc) is 2.92. The molecule has 0 unspecified atom stereocenters.